The molecular formula is C15H25NO. The molecule has 0 aliphatic carbocycles. The van der Waals surface area contributed by atoms with E-state index in [0.717, 1.165) is 19.4 Å². The third kappa shape index (κ3) is 4.49. The van der Waals surface area contributed by atoms with Crippen LogP contribution >= 0.6 is 0 Å². The van der Waals surface area contributed by atoms with E-state index in [2.05, 4.69) is 45.1 Å². The Morgan fingerprint density at radius 1 is 1.12 bits per heavy atom. The molecule has 1 rings (SSSR count). The summed E-state index contributed by atoms with van der Waals surface area (Å²) in [7, 11) is 0. The van der Waals surface area contributed by atoms with Crippen molar-refractivity contribution in [3.05, 3.63) is 34.4 Å². The normalized spacial score (nSPS) is 12.8. The maximum atomic E-state index is 8.78. The van der Waals surface area contributed by atoms with Gasteiger partial charge in [-0.1, -0.05) is 12.1 Å². The zero-order valence-electron chi connectivity index (χ0n) is 11.5. The molecule has 2 N–H and O–H groups in total. The summed E-state index contributed by atoms with van der Waals surface area (Å²) in [6, 6.07) is 4.99. The number of hydrogen-bond donors (Lipinski definition) is 2. The highest BCUT2D eigenvalue weighted by Gasteiger charge is 2.04. The number of aryl methyl sites for hydroxylation is 3. The number of nitrogens with one attached hydrogen (secondary N) is 1. The number of hydrogen-bond acceptors (Lipinski definition) is 2. The summed E-state index contributed by atoms with van der Waals surface area (Å²) in [4.78, 5) is 0. The molecule has 0 saturated heterocycles. The van der Waals surface area contributed by atoms with E-state index in [-0.39, 0.29) is 6.61 Å². The Kier molecular flexibility index (Phi) is 5.66. The minimum Gasteiger partial charge on any atom is -0.396 e. The van der Waals surface area contributed by atoms with Crippen molar-refractivity contribution in [2.24, 2.45) is 0 Å². The summed E-state index contributed by atoms with van der Waals surface area (Å²) >= 11 is 0. The summed E-state index contributed by atoms with van der Waals surface area (Å²) in [5.41, 5.74) is 5.45. The first-order valence-electron chi connectivity index (χ1n) is 6.45. The number of rotatable bonds is 6. The molecule has 0 saturated carbocycles. The fraction of sp³-hybridized carbons (Fsp3) is 0.600. The molecule has 1 aromatic carbocycles. The lowest BCUT2D eigenvalue weighted by Gasteiger charge is -2.15. The zero-order valence-corrected chi connectivity index (χ0v) is 11.5. The Labute approximate surface area is 105 Å². The molecule has 1 aromatic rings. The van der Waals surface area contributed by atoms with Crippen LogP contribution in [0.3, 0.4) is 0 Å². The first-order valence-corrected chi connectivity index (χ1v) is 6.45. The Hall–Kier alpha value is -0.860. The van der Waals surface area contributed by atoms with Crippen LogP contribution in [-0.2, 0) is 6.54 Å². The molecule has 0 fully saturated rings. The molecule has 0 amide bonds. The van der Waals surface area contributed by atoms with E-state index in [9.17, 15) is 0 Å². The van der Waals surface area contributed by atoms with Crippen molar-refractivity contribution in [1.82, 2.24) is 5.32 Å². The van der Waals surface area contributed by atoms with Crippen molar-refractivity contribution in [1.29, 1.82) is 0 Å². The third-order valence-electron chi connectivity index (χ3n) is 3.39. The number of aliphatic hydroxyl groups is 1. The molecule has 0 spiro atoms. The van der Waals surface area contributed by atoms with E-state index in [4.69, 9.17) is 5.11 Å². The van der Waals surface area contributed by atoms with Crippen LogP contribution < -0.4 is 5.32 Å². The highest BCUT2D eigenvalue weighted by atomic mass is 16.2. The number of benzene rings is 1. The van der Waals surface area contributed by atoms with Crippen LogP contribution in [0.2, 0.25) is 0 Å². The molecule has 0 heterocycles. The fourth-order valence-corrected chi connectivity index (χ4v) is 1.99. The first kappa shape index (κ1) is 14.2. The van der Waals surface area contributed by atoms with Gasteiger partial charge >= 0.3 is 0 Å². The summed E-state index contributed by atoms with van der Waals surface area (Å²) < 4.78 is 0. The summed E-state index contributed by atoms with van der Waals surface area (Å²) in [5.74, 6) is 0. The molecule has 2 heteroatoms. The second-order valence-corrected chi connectivity index (χ2v) is 5.01. The monoisotopic (exact) mass is 235 g/mol. The standard InChI is InChI=1S/C15H25NO/c1-11-8-13(3)15(9-12(11)2)10-16-14(4)6-5-7-17/h8-9,14,16-17H,5-7,10H2,1-4H3. The van der Waals surface area contributed by atoms with Crippen molar-refractivity contribution >= 4 is 0 Å². The molecule has 0 aliphatic rings. The van der Waals surface area contributed by atoms with Crippen molar-refractivity contribution in [2.75, 3.05) is 6.61 Å². The summed E-state index contributed by atoms with van der Waals surface area (Å²) in [6.45, 7) is 9.86. The molecule has 17 heavy (non-hydrogen) atoms. The highest BCUT2D eigenvalue weighted by molar-refractivity contribution is 5.36. The van der Waals surface area contributed by atoms with Gasteiger partial charge in [-0.05, 0) is 62.8 Å². The van der Waals surface area contributed by atoms with Gasteiger partial charge in [0.05, 0.1) is 0 Å². The smallest absolute Gasteiger partial charge is 0.0431 e. The van der Waals surface area contributed by atoms with Gasteiger partial charge in [0, 0.05) is 19.2 Å². The van der Waals surface area contributed by atoms with Gasteiger partial charge in [-0.3, -0.25) is 0 Å². The minimum atomic E-state index is 0.286. The van der Waals surface area contributed by atoms with Gasteiger partial charge in [0.1, 0.15) is 0 Å². The van der Waals surface area contributed by atoms with Crippen molar-refractivity contribution < 1.29 is 5.11 Å². The van der Waals surface area contributed by atoms with Crippen LogP contribution in [0.15, 0.2) is 12.1 Å². The lowest BCUT2D eigenvalue weighted by Crippen LogP contribution is -2.26. The number of aliphatic hydroxyl groups excluding tert-OH is 1. The molecule has 0 aromatic heterocycles. The van der Waals surface area contributed by atoms with Crippen LogP contribution in [0.5, 0.6) is 0 Å². The molecular weight excluding hydrogens is 210 g/mol. The van der Waals surface area contributed by atoms with Crippen molar-refractivity contribution in [3.63, 3.8) is 0 Å². The first-order chi connectivity index (χ1) is 8.04. The minimum absolute atomic E-state index is 0.286. The van der Waals surface area contributed by atoms with Gasteiger partial charge in [0.15, 0.2) is 0 Å². The Balaban J connectivity index is 2.54. The van der Waals surface area contributed by atoms with Crippen LogP contribution in [0.4, 0.5) is 0 Å². The van der Waals surface area contributed by atoms with Gasteiger partial charge in [0.2, 0.25) is 0 Å². The topological polar surface area (TPSA) is 32.3 Å². The van der Waals surface area contributed by atoms with E-state index in [1.54, 1.807) is 0 Å². The van der Waals surface area contributed by atoms with E-state index in [1.807, 2.05) is 0 Å². The molecule has 0 aliphatic heterocycles. The quantitative estimate of drug-likeness (QED) is 0.794. The van der Waals surface area contributed by atoms with E-state index in [0.29, 0.717) is 6.04 Å². The molecule has 0 bridgehead atoms. The van der Waals surface area contributed by atoms with Crippen LogP contribution in [-0.4, -0.2) is 17.8 Å². The lowest BCUT2D eigenvalue weighted by atomic mass is 10.0. The molecule has 1 unspecified atom stereocenters. The molecule has 2 nitrogen and oxygen atoms in total. The maximum absolute atomic E-state index is 8.78. The van der Waals surface area contributed by atoms with E-state index >= 15 is 0 Å². The van der Waals surface area contributed by atoms with Gasteiger partial charge in [-0.2, -0.15) is 0 Å². The van der Waals surface area contributed by atoms with Gasteiger partial charge < -0.3 is 10.4 Å². The van der Waals surface area contributed by atoms with Crippen LogP contribution in [0, 0.1) is 20.8 Å². The second kappa shape index (κ2) is 6.77. The zero-order chi connectivity index (χ0) is 12.8. The van der Waals surface area contributed by atoms with E-state index < -0.39 is 0 Å². The van der Waals surface area contributed by atoms with Crippen LogP contribution in [0.1, 0.15) is 42.0 Å². The Bertz CT molecular complexity index is 360. The fourth-order valence-electron chi connectivity index (χ4n) is 1.99. The summed E-state index contributed by atoms with van der Waals surface area (Å²) in [6.07, 6.45) is 1.90. The average molecular weight is 235 g/mol. The SMILES string of the molecule is Cc1cc(C)c(CNC(C)CCCO)cc1C. The Morgan fingerprint density at radius 2 is 1.76 bits per heavy atom. The predicted molar refractivity (Wildman–Crippen MR) is 73.3 cm³/mol. The van der Waals surface area contributed by atoms with Gasteiger partial charge in [-0.25, -0.2) is 0 Å². The summed E-state index contributed by atoms with van der Waals surface area (Å²) in [5, 5.41) is 12.3. The van der Waals surface area contributed by atoms with Crippen LogP contribution in [0.25, 0.3) is 0 Å². The highest BCUT2D eigenvalue weighted by Crippen LogP contribution is 2.15. The molecule has 0 radical (unpaired) electrons. The van der Waals surface area contributed by atoms with Crippen molar-refractivity contribution in [2.45, 2.75) is 53.1 Å². The predicted octanol–water partition coefficient (Wildman–Crippen LogP) is 2.86. The molecule has 96 valence electrons. The molecule has 1 atom stereocenters. The van der Waals surface area contributed by atoms with Gasteiger partial charge in [-0.15, -0.1) is 0 Å². The average Bonchev–Trinajstić information content (AvgIpc) is 2.29. The van der Waals surface area contributed by atoms with Crippen molar-refractivity contribution in [3.8, 4) is 0 Å². The lowest BCUT2D eigenvalue weighted by molar-refractivity contribution is 0.276. The third-order valence-corrected chi connectivity index (χ3v) is 3.39. The van der Waals surface area contributed by atoms with E-state index in [1.165, 1.54) is 22.3 Å². The second-order valence-electron chi connectivity index (χ2n) is 5.01. The van der Waals surface area contributed by atoms with Gasteiger partial charge in [0.25, 0.3) is 0 Å². The maximum Gasteiger partial charge on any atom is 0.0431 e. The Morgan fingerprint density at radius 3 is 2.41 bits per heavy atom. The largest absolute Gasteiger partial charge is 0.396 e.